The number of thiol groups is 1. The number of hydrogen-bond acceptors (Lipinski definition) is 1. The van der Waals surface area contributed by atoms with Crippen LogP contribution < -0.4 is 0 Å². The van der Waals surface area contributed by atoms with Crippen molar-refractivity contribution in [2.45, 2.75) is 21.3 Å². The fourth-order valence-corrected chi connectivity index (χ4v) is 1.04. The lowest BCUT2D eigenvalue weighted by Crippen LogP contribution is -2.24. The summed E-state index contributed by atoms with van der Waals surface area (Å²) in [5.41, 5.74) is 0. The van der Waals surface area contributed by atoms with Gasteiger partial charge in [0.2, 0.25) is 0 Å². The van der Waals surface area contributed by atoms with Gasteiger partial charge in [-0.15, -0.1) is 12.6 Å². The predicted molar refractivity (Wildman–Crippen MR) is 51.2 cm³/mol. The van der Waals surface area contributed by atoms with E-state index in [1.165, 1.54) is 0 Å². The highest BCUT2D eigenvalue weighted by molar-refractivity contribution is 8.10. The van der Waals surface area contributed by atoms with Crippen LogP contribution in [0.5, 0.6) is 0 Å². The summed E-state index contributed by atoms with van der Waals surface area (Å²) in [4.78, 5) is 2.01. The molecule has 0 aliphatic carbocycles. The van der Waals surface area contributed by atoms with Gasteiger partial charge in [0, 0.05) is 13.1 Å². The molecular formula is C6H15NS2. The Hall–Kier alpha value is 0.240. The quantitative estimate of drug-likeness (QED) is 0.493. The lowest BCUT2D eigenvalue weighted by molar-refractivity contribution is 0.482. The third-order valence-corrected chi connectivity index (χ3v) is 1.58. The summed E-state index contributed by atoms with van der Waals surface area (Å²) in [6.07, 6.45) is 0. The second-order valence-corrected chi connectivity index (χ2v) is 2.57. The van der Waals surface area contributed by atoms with Gasteiger partial charge in [-0.25, -0.2) is 0 Å². The molecule has 0 bridgehead atoms. The van der Waals surface area contributed by atoms with Crippen molar-refractivity contribution in [1.82, 2.24) is 4.90 Å². The van der Waals surface area contributed by atoms with Gasteiger partial charge >= 0.3 is 0 Å². The summed E-state index contributed by atoms with van der Waals surface area (Å²) in [5, 5.41) is 0. The van der Waals surface area contributed by atoms with E-state index in [9.17, 15) is 0 Å². The van der Waals surface area contributed by atoms with Gasteiger partial charge < -0.3 is 4.90 Å². The Morgan fingerprint density at radius 2 is 1.78 bits per heavy atom. The summed E-state index contributed by atoms with van der Waals surface area (Å²) < 4.78 is 0.690. The van der Waals surface area contributed by atoms with E-state index in [1.807, 2.05) is 4.90 Å². The minimum Gasteiger partial charge on any atom is -0.358 e. The van der Waals surface area contributed by atoms with Crippen LogP contribution in [0.25, 0.3) is 0 Å². The lowest BCUT2D eigenvalue weighted by atomic mass is 10.6. The van der Waals surface area contributed by atoms with Crippen molar-refractivity contribution in [2.75, 3.05) is 13.1 Å². The topological polar surface area (TPSA) is 3.24 Å². The van der Waals surface area contributed by atoms with Crippen molar-refractivity contribution in [3.8, 4) is 0 Å². The summed E-state index contributed by atoms with van der Waals surface area (Å²) >= 11 is 8.82. The number of hydrogen-bond donors (Lipinski definition) is 1. The lowest BCUT2D eigenvalue weighted by Gasteiger charge is -2.16. The molecule has 0 spiro atoms. The first-order valence-electron chi connectivity index (χ1n) is 2.70. The minimum absolute atomic E-state index is 0. The normalized spacial score (nSPS) is 7.89. The van der Waals surface area contributed by atoms with Crippen molar-refractivity contribution in [2.24, 2.45) is 0 Å². The standard InChI is InChI=1S/C5H11NS2.CH4/c1-3-6(4-2)5(7)8;/h3-4H2,1-2H3,(H,7,8);1H4. The highest BCUT2D eigenvalue weighted by Gasteiger charge is 1.96. The van der Waals surface area contributed by atoms with E-state index in [4.69, 9.17) is 12.2 Å². The summed E-state index contributed by atoms with van der Waals surface area (Å²) in [7, 11) is 0. The van der Waals surface area contributed by atoms with Crippen LogP contribution in [0.1, 0.15) is 21.3 Å². The monoisotopic (exact) mass is 165 g/mol. The summed E-state index contributed by atoms with van der Waals surface area (Å²) in [5.74, 6) is 0. The maximum absolute atomic E-state index is 4.81. The molecule has 9 heavy (non-hydrogen) atoms. The minimum atomic E-state index is 0. The van der Waals surface area contributed by atoms with Crippen LogP contribution in [0, 0.1) is 0 Å². The van der Waals surface area contributed by atoms with Crippen LogP contribution in [0.4, 0.5) is 0 Å². The summed E-state index contributed by atoms with van der Waals surface area (Å²) in [6, 6.07) is 0. The van der Waals surface area contributed by atoms with E-state index >= 15 is 0 Å². The molecule has 0 saturated carbocycles. The van der Waals surface area contributed by atoms with Crippen molar-refractivity contribution in [3.05, 3.63) is 0 Å². The molecule has 0 rings (SSSR count). The van der Waals surface area contributed by atoms with Gasteiger partial charge in [0.1, 0.15) is 4.32 Å². The molecule has 0 heterocycles. The summed E-state index contributed by atoms with van der Waals surface area (Å²) in [6.45, 7) is 6.04. The molecule has 3 heteroatoms. The second-order valence-electron chi connectivity index (χ2n) is 1.45. The molecule has 0 atom stereocenters. The fraction of sp³-hybridized carbons (Fsp3) is 0.833. The molecule has 1 nitrogen and oxygen atoms in total. The molecule has 0 unspecified atom stereocenters. The van der Waals surface area contributed by atoms with Crippen LogP contribution in [-0.2, 0) is 0 Å². The first kappa shape index (κ1) is 12.0. The van der Waals surface area contributed by atoms with Crippen LogP contribution in [0.15, 0.2) is 0 Å². The van der Waals surface area contributed by atoms with Crippen molar-refractivity contribution >= 4 is 29.2 Å². The zero-order valence-electron chi connectivity index (χ0n) is 5.22. The van der Waals surface area contributed by atoms with Crippen molar-refractivity contribution in [1.29, 1.82) is 0 Å². The van der Waals surface area contributed by atoms with Gasteiger partial charge in [-0.2, -0.15) is 0 Å². The van der Waals surface area contributed by atoms with Crippen molar-refractivity contribution < 1.29 is 0 Å². The first-order chi connectivity index (χ1) is 3.72. The smallest absolute Gasteiger partial charge is 0.133 e. The zero-order valence-corrected chi connectivity index (χ0v) is 6.93. The average Bonchev–Trinajstić information content (AvgIpc) is 1.69. The third kappa shape index (κ3) is 4.73. The van der Waals surface area contributed by atoms with E-state index in [1.54, 1.807) is 0 Å². The second kappa shape index (κ2) is 6.36. The molecule has 0 aromatic carbocycles. The third-order valence-electron chi connectivity index (χ3n) is 1.03. The van der Waals surface area contributed by atoms with Gasteiger partial charge in [0.15, 0.2) is 0 Å². The molecule has 0 amide bonds. The molecule has 0 fully saturated rings. The van der Waals surface area contributed by atoms with Gasteiger partial charge in [-0.1, -0.05) is 19.6 Å². The zero-order chi connectivity index (χ0) is 6.57. The predicted octanol–water partition coefficient (Wildman–Crippen LogP) is 2.18. The van der Waals surface area contributed by atoms with E-state index in [2.05, 4.69) is 26.5 Å². The SMILES string of the molecule is C.CCN(CC)C(=S)S. The van der Waals surface area contributed by atoms with Gasteiger partial charge in [0.25, 0.3) is 0 Å². The average molecular weight is 165 g/mol. The molecule has 56 valence electrons. The Morgan fingerprint density at radius 3 is 1.78 bits per heavy atom. The number of nitrogens with zero attached hydrogens (tertiary/aromatic N) is 1. The number of thiocarbonyl (C=S) groups is 1. The molecule has 0 aliphatic heterocycles. The van der Waals surface area contributed by atoms with E-state index in [0.717, 1.165) is 13.1 Å². The largest absolute Gasteiger partial charge is 0.358 e. The Kier molecular flexibility index (Phi) is 8.46. The Bertz CT molecular complexity index is 79.1. The highest BCUT2D eigenvalue weighted by atomic mass is 32.1. The van der Waals surface area contributed by atoms with E-state index in [-0.39, 0.29) is 7.43 Å². The Balaban J connectivity index is 0. The Morgan fingerprint density at radius 1 is 1.44 bits per heavy atom. The highest BCUT2D eigenvalue weighted by Crippen LogP contribution is 1.93. The fourth-order valence-electron chi connectivity index (χ4n) is 0.494. The van der Waals surface area contributed by atoms with Crippen LogP contribution >= 0.6 is 24.8 Å². The van der Waals surface area contributed by atoms with Crippen LogP contribution in [-0.4, -0.2) is 22.3 Å². The van der Waals surface area contributed by atoms with Crippen LogP contribution in [0.2, 0.25) is 0 Å². The Labute approximate surface area is 68.8 Å². The van der Waals surface area contributed by atoms with Gasteiger partial charge in [-0.05, 0) is 13.8 Å². The molecule has 0 aromatic rings. The van der Waals surface area contributed by atoms with Gasteiger partial charge in [-0.3, -0.25) is 0 Å². The van der Waals surface area contributed by atoms with E-state index in [0.29, 0.717) is 4.32 Å². The maximum Gasteiger partial charge on any atom is 0.133 e. The number of rotatable bonds is 2. The molecule has 0 N–H and O–H groups in total. The first-order valence-corrected chi connectivity index (χ1v) is 3.55. The molecule has 0 saturated heterocycles. The van der Waals surface area contributed by atoms with Gasteiger partial charge in [0.05, 0.1) is 0 Å². The van der Waals surface area contributed by atoms with Crippen molar-refractivity contribution in [3.63, 3.8) is 0 Å². The molecule has 0 aliphatic rings. The molecular weight excluding hydrogens is 150 g/mol. The maximum atomic E-state index is 4.81. The van der Waals surface area contributed by atoms with E-state index < -0.39 is 0 Å². The molecule has 0 aromatic heterocycles. The van der Waals surface area contributed by atoms with Crippen LogP contribution in [0.3, 0.4) is 0 Å². The molecule has 0 radical (unpaired) electrons.